The van der Waals surface area contributed by atoms with Crippen molar-refractivity contribution in [3.05, 3.63) is 89.0 Å². The van der Waals surface area contributed by atoms with Crippen molar-refractivity contribution in [2.75, 3.05) is 17.2 Å². The van der Waals surface area contributed by atoms with Crippen molar-refractivity contribution in [3.63, 3.8) is 0 Å². The molecule has 1 heterocycles. The van der Waals surface area contributed by atoms with Crippen molar-refractivity contribution < 1.29 is 9.72 Å². The average molecular weight is 428 g/mol. The van der Waals surface area contributed by atoms with Crippen LogP contribution in [0.15, 0.2) is 78.9 Å². The number of nitro benzene ring substituents is 1. The number of H-pyrrole nitrogens is 1. The minimum Gasteiger partial charge on any atom is -0.379 e. The van der Waals surface area contributed by atoms with Gasteiger partial charge in [-0.3, -0.25) is 20.0 Å². The highest BCUT2D eigenvalue weighted by Crippen LogP contribution is 2.27. The summed E-state index contributed by atoms with van der Waals surface area (Å²) in [6.07, 6.45) is 0.131. The molecule has 0 fully saturated rings. The van der Waals surface area contributed by atoms with E-state index in [1.54, 1.807) is 24.3 Å². The second-order valence-corrected chi connectivity index (χ2v) is 6.92. The van der Waals surface area contributed by atoms with E-state index < -0.39 is 4.92 Å². The number of carbonyl (C=O) groups excluding carboxylic acids is 1. The number of rotatable bonds is 8. The monoisotopic (exact) mass is 428 g/mol. The molecule has 9 heteroatoms. The van der Waals surface area contributed by atoms with E-state index in [1.807, 2.05) is 48.5 Å². The highest BCUT2D eigenvalue weighted by atomic mass is 16.6. The first-order valence-corrected chi connectivity index (χ1v) is 9.96. The van der Waals surface area contributed by atoms with Crippen LogP contribution in [0.25, 0.3) is 22.8 Å². The summed E-state index contributed by atoms with van der Waals surface area (Å²) in [5.74, 6) is 0.875. The third-order valence-corrected chi connectivity index (χ3v) is 4.74. The Kier molecular flexibility index (Phi) is 6.17. The molecule has 1 aromatic heterocycles. The van der Waals surface area contributed by atoms with E-state index in [-0.39, 0.29) is 24.6 Å². The number of nitrogens with one attached hydrogen (secondary N) is 3. The molecule has 4 aromatic rings. The van der Waals surface area contributed by atoms with Gasteiger partial charge in [-0.2, -0.15) is 5.10 Å². The SMILES string of the molecule is O=C(CCNc1ccccc1[N+](=O)[O-])Nc1ccccc1-c1nc(-c2ccccc2)n[nH]1. The van der Waals surface area contributed by atoms with Gasteiger partial charge in [0.15, 0.2) is 11.6 Å². The zero-order valence-corrected chi connectivity index (χ0v) is 17.0. The molecule has 0 bridgehead atoms. The van der Waals surface area contributed by atoms with E-state index in [4.69, 9.17) is 0 Å². The summed E-state index contributed by atoms with van der Waals surface area (Å²) in [5, 5.41) is 24.1. The van der Waals surface area contributed by atoms with E-state index >= 15 is 0 Å². The summed E-state index contributed by atoms with van der Waals surface area (Å²) in [7, 11) is 0. The first-order valence-electron chi connectivity index (χ1n) is 9.96. The number of nitrogens with zero attached hydrogens (tertiary/aromatic N) is 3. The van der Waals surface area contributed by atoms with Gasteiger partial charge in [0.25, 0.3) is 5.69 Å². The topological polar surface area (TPSA) is 126 Å². The van der Waals surface area contributed by atoms with Gasteiger partial charge in [-0.15, -0.1) is 0 Å². The van der Waals surface area contributed by atoms with Gasteiger partial charge >= 0.3 is 0 Å². The number of para-hydroxylation sites is 3. The van der Waals surface area contributed by atoms with Crippen LogP contribution in [0, 0.1) is 10.1 Å². The molecule has 9 nitrogen and oxygen atoms in total. The standard InChI is InChI=1S/C23H20N6O3/c30-21(14-15-24-19-12-6-7-13-20(19)29(31)32)25-18-11-5-4-10-17(18)23-26-22(27-28-23)16-8-2-1-3-9-16/h1-13,24H,14-15H2,(H,25,30)(H,26,27,28). The molecule has 0 unspecified atom stereocenters. The van der Waals surface area contributed by atoms with E-state index in [2.05, 4.69) is 25.8 Å². The Balaban J connectivity index is 1.42. The van der Waals surface area contributed by atoms with Gasteiger partial charge in [-0.05, 0) is 18.2 Å². The number of hydrogen-bond donors (Lipinski definition) is 3. The van der Waals surface area contributed by atoms with E-state index in [1.165, 1.54) is 6.07 Å². The fourth-order valence-electron chi connectivity index (χ4n) is 3.20. The molecule has 4 rings (SSSR count). The number of benzene rings is 3. The molecule has 0 saturated carbocycles. The van der Waals surface area contributed by atoms with Crippen molar-refractivity contribution in [2.24, 2.45) is 0 Å². The summed E-state index contributed by atoms with van der Waals surface area (Å²) in [6, 6.07) is 23.2. The second-order valence-electron chi connectivity index (χ2n) is 6.92. The van der Waals surface area contributed by atoms with Crippen LogP contribution in [-0.4, -0.2) is 32.6 Å². The lowest BCUT2D eigenvalue weighted by molar-refractivity contribution is -0.384. The maximum absolute atomic E-state index is 12.5. The predicted molar refractivity (Wildman–Crippen MR) is 122 cm³/mol. The third-order valence-electron chi connectivity index (χ3n) is 4.74. The lowest BCUT2D eigenvalue weighted by Gasteiger charge is -2.10. The number of nitro groups is 1. The summed E-state index contributed by atoms with van der Waals surface area (Å²) in [5.41, 5.74) is 2.54. The Morgan fingerprint density at radius 3 is 2.41 bits per heavy atom. The van der Waals surface area contributed by atoms with Crippen molar-refractivity contribution in [1.82, 2.24) is 15.2 Å². The molecular formula is C23H20N6O3. The Morgan fingerprint density at radius 1 is 0.938 bits per heavy atom. The zero-order valence-electron chi connectivity index (χ0n) is 17.0. The van der Waals surface area contributed by atoms with E-state index in [0.29, 0.717) is 28.6 Å². The van der Waals surface area contributed by atoms with Gasteiger partial charge in [0.2, 0.25) is 5.91 Å². The number of anilines is 2. The molecule has 0 aliphatic rings. The Bertz CT molecular complexity index is 1240. The normalized spacial score (nSPS) is 10.5. The fourth-order valence-corrected chi connectivity index (χ4v) is 3.20. The van der Waals surface area contributed by atoms with Crippen molar-refractivity contribution in [3.8, 4) is 22.8 Å². The van der Waals surface area contributed by atoms with Crippen LogP contribution in [0.5, 0.6) is 0 Å². The molecule has 0 radical (unpaired) electrons. The molecule has 32 heavy (non-hydrogen) atoms. The third kappa shape index (κ3) is 4.78. The molecule has 3 aromatic carbocycles. The molecule has 0 aliphatic carbocycles. The van der Waals surface area contributed by atoms with Gasteiger partial charge in [0.05, 0.1) is 10.6 Å². The summed E-state index contributed by atoms with van der Waals surface area (Å²) < 4.78 is 0. The van der Waals surface area contributed by atoms with Crippen LogP contribution in [0.3, 0.4) is 0 Å². The number of hydrogen-bond acceptors (Lipinski definition) is 6. The summed E-state index contributed by atoms with van der Waals surface area (Å²) in [4.78, 5) is 27.7. The number of amides is 1. The Morgan fingerprint density at radius 2 is 1.62 bits per heavy atom. The largest absolute Gasteiger partial charge is 0.379 e. The fraction of sp³-hybridized carbons (Fsp3) is 0.0870. The van der Waals surface area contributed by atoms with Crippen molar-refractivity contribution >= 4 is 23.0 Å². The second kappa shape index (κ2) is 9.52. The van der Waals surface area contributed by atoms with Crippen molar-refractivity contribution in [1.29, 1.82) is 0 Å². The van der Waals surface area contributed by atoms with Gasteiger partial charge in [0.1, 0.15) is 5.69 Å². The maximum Gasteiger partial charge on any atom is 0.292 e. The maximum atomic E-state index is 12.5. The minimum atomic E-state index is -0.459. The Hall–Kier alpha value is -4.53. The zero-order chi connectivity index (χ0) is 22.3. The molecule has 0 saturated heterocycles. The highest BCUT2D eigenvalue weighted by Gasteiger charge is 2.14. The minimum absolute atomic E-state index is 0.0298. The lowest BCUT2D eigenvalue weighted by atomic mass is 10.1. The summed E-state index contributed by atoms with van der Waals surface area (Å²) in [6.45, 7) is 0.249. The number of aromatic nitrogens is 3. The van der Waals surface area contributed by atoms with E-state index in [9.17, 15) is 14.9 Å². The number of carbonyl (C=O) groups is 1. The summed E-state index contributed by atoms with van der Waals surface area (Å²) >= 11 is 0. The smallest absolute Gasteiger partial charge is 0.292 e. The molecule has 3 N–H and O–H groups in total. The van der Waals surface area contributed by atoms with Crippen LogP contribution in [-0.2, 0) is 4.79 Å². The van der Waals surface area contributed by atoms with Crippen LogP contribution in [0.2, 0.25) is 0 Å². The number of aromatic amines is 1. The Labute approximate surface area is 183 Å². The predicted octanol–water partition coefficient (Wildman–Crippen LogP) is 4.49. The molecule has 160 valence electrons. The van der Waals surface area contributed by atoms with Crippen LogP contribution in [0.4, 0.5) is 17.1 Å². The molecule has 0 aliphatic heterocycles. The van der Waals surface area contributed by atoms with Gasteiger partial charge in [-0.1, -0.05) is 54.6 Å². The first kappa shape index (κ1) is 20.7. The average Bonchev–Trinajstić information content (AvgIpc) is 3.30. The van der Waals surface area contributed by atoms with Crippen LogP contribution < -0.4 is 10.6 Å². The first-order chi connectivity index (χ1) is 15.6. The highest BCUT2D eigenvalue weighted by molar-refractivity contribution is 5.95. The van der Waals surface area contributed by atoms with Crippen molar-refractivity contribution in [2.45, 2.75) is 6.42 Å². The van der Waals surface area contributed by atoms with Crippen LogP contribution in [0.1, 0.15) is 6.42 Å². The molecule has 0 spiro atoms. The molecular weight excluding hydrogens is 408 g/mol. The quantitative estimate of drug-likeness (QED) is 0.280. The van der Waals surface area contributed by atoms with E-state index in [0.717, 1.165) is 5.56 Å². The van der Waals surface area contributed by atoms with Crippen LogP contribution >= 0.6 is 0 Å². The van der Waals surface area contributed by atoms with Gasteiger partial charge in [-0.25, -0.2) is 4.98 Å². The van der Waals surface area contributed by atoms with Gasteiger partial charge in [0, 0.05) is 30.2 Å². The lowest BCUT2D eigenvalue weighted by Crippen LogP contribution is -2.17. The molecule has 0 atom stereocenters. The van der Waals surface area contributed by atoms with Gasteiger partial charge < -0.3 is 10.6 Å². The molecule has 1 amide bonds.